The van der Waals surface area contributed by atoms with Crippen LogP contribution in [0.4, 0.5) is 0 Å². The molecule has 1 fully saturated rings. The minimum Gasteiger partial charge on any atom is -0.342 e. The van der Waals surface area contributed by atoms with Crippen LogP contribution in [-0.2, 0) is 11.3 Å². The van der Waals surface area contributed by atoms with Gasteiger partial charge in [0.25, 0.3) is 5.56 Å². The third-order valence-corrected chi connectivity index (χ3v) is 7.00. The van der Waals surface area contributed by atoms with Crippen LogP contribution in [0.3, 0.4) is 0 Å². The van der Waals surface area contributed by atoms with Gasteiger partial charge in [0.1, 0.15) is 4.70 Å². The molecule has 0 spiro atoms. The molecule has 1 amide bonds. The Labute approximate surface area is 172 Å². The summed E-state index contributed by atoms with van der Waals surface area (Å²) < 4.78 is 2.36. The van der Waals surface area contributed by atoms with Crippen LogP contribution in [0.25, 0.3) is 21.3 Å². The number of nitrogens with zero attached hydrogens (tertiary/aromatic N) is 3. The third-order valence-electron chi connectivity index (χ3n) is 5.08. The molecule has 0 N–H and O–H groups in total. The molecule has 0 unspecified atom stereocenters. The SMILES string of the molecule is CCn1c(SCC(=O)N2CCCCC2)nc2c(-c3ccccc3)csc2c1=O. The monoisotopic (exact) mass is 413 g/mol. The highest BCUT2D eigenvalue weighted by Crippen LogP contribution is 2.32. The topological polar surface area (TPSA) is 55.2 Å². The number of thioether (sulfide) groups is 1. The predicted octanol–water partition coefficient (Wildman–Crippen LogP) is 4.25. The van der Waals surface area contributed by atoms with Gasteiger partial charge < -0.3 is 4.90 Å². The van der Waals surface area contributed by atoms with Gasteiger partial charge in [-0.05, 0) is 31.7 Å². The number of piperidine rings is 1. The average Bonchev–Trinajstić information content (AvgIpc) is 3.17. The van der Waals surface area contributed by atoms with E-state index in [4.69, 9.17) is 4.98 Å². The molecule has 1 aliphatic rings. The molecule has 0 saturated carbocycles. The summed E-state index contributed by atoms with van der Waals surface area (Å²) in [6.45, 7) is 4.17. The molecule has 3 aromatic rings. The predicted molar refractivity (Wildman–Crippen MR) is 116 cm³/mol. The fourth-order valence-corrected chi connectivity index (χ4v) is 5.47. The molecule has 0 bridgehead atoms. The molecule has 1 saturated heterocycles. The maximum Gasteiger partial charge on any atom is 0.272 e. The van der Waals surface area contributed by atoms with E-state index in [1.165, 1.54) is 29.5 Å². The van der Waals surface area contributed by atoms with Crippen molar-refractivity contribution in [2.45, 2.75) is 37.9 Å². The van der Waals surface area contributed by atoms with E-state index in [1.54, 1.807) is 4.57 Å². The van der Waals surface area contributed by atoms with Crippen molar-refractivity contribution < 1.29 is 4.79 Å². The molecule has 146 valence electrons. The Morgan fingerprint density at radius 3 is 2.64 bits per heavy atom. The zero-order valence-corrected chi connectivity index (χ0v) is 17.5. The van der Waals surface area contributed by atoms with Gasteiger partial charge in [-0.1, -0.05) is 42.1 Å². The summed E-state index contributed by atoms with van der Waals surface area (Å²) >= 11 is 2.82. The van der Waals surface area contributed by atoms with E-state index < -0.39 is 0 Å². The van der Waals surface area contributed by atoms with Crippen LogP contribution in [0, 0.1) is 0 Å². The highest BCUT2D eigenvalue weighted by molar-refractivity contribution is 7.99. The summed E-state index contributed by atoms with van der Waals surface area (Å²) in [5, 5.41) is 2.63. The summed E-state index contributed by atoms with van der Waals surface area (Å²) in [6, 6.07) is 10.0. The number of fused-ring (bicyclic) bond motifs is 1. The van der Waals surface area contributed by atoms with Crippen LogP contribution in [-0.4, -0.2) is 39.2 Å². The first-order valence-corrected chi connectivity index (χ1v) is 11.5. The smallest absolute Gasteiger partial charge is 0.272 e. The number of carbonyl (C=O) groups is 1. The van der Waals surface area contributed by atoms with E-state index >= 15 is 0 Å². The molecular weight excluding hydrogens is 390 g/mol. The van der Waals surface area contributed by atoms with Gasteiger partial charge in [-0.3, -0.25) is 14.2 Å². The van der Waals surface area contributed by atoms with Crippen molar-refractivity contribution in [3.63, 3.8) is 0 Å². The first kappa shape index (κ1) is 19.2. The zero-order valence-electron chi connectivity index (χ0n) is 15.9. The van der Waals surface area contributed by atoms with Crippen LogP contribution in [0.15, 0.2) is 45.7 Å². The number of rotatable bonds is 5. The van der Waals surface area contributed by atoms with Gasteiger partial charge in [0.15, 0.2) is 5.16 Å². The first-order chi connectivity index (χ1) is 13.7. The van der Waals surface area contributed by atoms with Gasteiger partial charge in [0, 0.05) is 30.6 Å². The Balaban J connectivity index is 1.67. The Bertz CT molecular complexity index is 1040. The summed E-state index contributed by atoms with van der Waals surface area (Å²) in [5.74, 6) is 0.457. The standard InChI is InChI=1S/C21H23N3O2S2/c1-2-24-20(26)19-18(16(13-27-19)15-9-5-3-6-10-15)22-21(24)28-14-17(25)23-11-7-4-8-12-23/h3,5-6,9-10,13H,2,4,7-8,11-12,14H2,1H3. The van der Waals surface area contributed by atoms with Crippen molar-refractivity contribution in [2.75, 3.05) is 18.8 Å². The van der Waals surface area contributed by atoms with Gasteiger partial charge >= 0.3 is 0 Å². The van der Waals surface area contributed by atoms with Gasteiger partial charge in [-0.2, -0.15) is 0 Å². The van der Waals surface area contributed by atoms with Crippen molar-refractivity contribution in [1.82, 2.24) is 14.5 Å². The van der Waals surface area contributed by atoms with Gasteiger partial charge in [-0.25, -0.2) is 4.98 Å². The molecule has 5 nitrogen and oxygen atoms in total. The van der Waals surface area contributed by atoms with Crippen molar-refractivity contribution >= 4 is 39.2 Å². The molecule has 1 aliphatic heterocycles. The highest BCUT2D eigenvalue weighted by Gasteiger charge is 2.20. The molecular formula is C21H23N3O2S2. The van der Waals surface area contributed by atoms with Crippen LogP contribution in [0.1, 0.15) is 26.2 Å². The quantitative estimate of drug-likeness (QED) is 0.463. The molecule has 4 rings (SSSR count). The van der Waals surface area contributed by atoms with Crippen LogP contribution >= 0.6 is 23.1 Å². The lowest BCUT2D eigenvalue weighted by molar-refractivity contribution is -0.129. The van der Waals surface area contributed by atoms with E-state index in [-0.39, 0.29) is 11.5 Å². The zero-order chi connectivity index (χ0) is 19.5. The summed E-state index contributed by atoms with van der Waals surface area (Å²) in [5.41, 5.74) is 2.74. The number of hydrogen-bond donors (Lipinski definition) is 0. The lowest BCUT2D eigenvalue weighted by atomic mass is 10.1. The molecule has 7 heteroatoms. The minimum atomic E-state index is -0.0207. The van der Waals surface area contributed by atoms with Crippen LogP contribution in [0.5, 0.6) is 0 Å². The number of likely N-dealkylation sites (tertiary alicyclic amines) is 1. The number of carbonyl (C=O) groups excluding carboxylic acids is 1. The van der Waals surface area contributed by atoms with Crippen LogP contribution in [0.2, 0.25) is 0 Å². The second-order valence-corrected chi connectivity index (χ2v) is 8.69. The van der Waals surface area contributed by atoms with Gasteiger partial charge in [-0.15, -0.1) is 11.3 Å². The minimum absolute atomic E-state index is 0.0207. The van der Waals surface area contributed by atoms with Crippen molar-refractivity contribution in [3.05, 3.63) is 46.1 Å². The second kappa shape index (κ2) is 8.49. The third kappa shape index (κ3) is 3.73. The first-order valence-electron chi connectivity index (χ1n) is 9.67. The number of aromatic nitrogens is 2. The molecule has 0 aliphatic carbocycles. The Morgan fingerprint density at radius 2 is 1.93 bits per heavy atom. The van der Waals surface area contributed by atoms with Gasteiger partial charge in [0.05, 0.1) is 11.3 Å². The van der Waals surface area contributed by atoms with Gasteiger partial charge in [0.2, 0.25) is 5.91 Å². The van der Waals surface area contributed by atoms with E-state index in [0.29, 0.717) is 22.2 Å². The van der Waals surface area contributed by atoms with Crippen molar-refractivity contribution in [1.29, 1.82) is 0 Å². The average molecular weight is 414 g/mol. The fourth-order valence-electron chi connectivity index (χ4n) is 3.55. The number of thiophene rings is 1. The number of benzene rings is 1. The summed E-state index contributed by atoms with van der Waals surface area (Å²) in [6.07, 6.45) is 3.36. The fraction of sp³-hybridized carbons (Fsp3) is 0.381. The Hall–Kier alpha value is -2.12. The van der Waals surface area contributed by atoms with Crippen molar-refractivity contribution in [3.8, 4) is 11.1 Å². The Kier molecular flexibility index (Phi) is 5.82. The summed E-state index contributed by atoms with van der Waals surface area (Å²) in [4.78, 5) is 32.3. The maximum absolute atomic E-state index is 13.0. The lowest BCUT2D eigenvalue weighted by Gasteiger charge is -2.26. The molecule has 1 aromatic carbocycles. The molecule has 3 heterocycles. The highest BCUT2D eigenvalue weighted by atomic mass is 32.2. The molecule has 0 radical (unpaired) electrons. The van der Waals surface area contributed by atoms with E-state index in [9.17, 15) is 9.59 Å². The summed E-state index contributed by atoms with van der Waals surface area (Å²) in [7, 11) is 0. The second-order valence-electron chi connectivity index (χ2n) is 6.87. The van der Waals surface area contributed by atoms with Crippen LogP contribution < -0.4 is 5.56 Å². The number of hydrogen-bond acceptors (Lipinski definition) is 5. The maximum atomic E-state index is 13.0. The Morgan fingerprint density at radius 1 is 1.18 bits per heavy atom. The largest absolute Gasteiger partial charge is 0.342 e. The molecule has 2 aromatic heterocycles. The van der Waals surface area contributed by atoms with E-state index in [1.807, 2.05) is 47.5 Å². The number of amides is 1. The normalized spacial score (nSPS) is 14.5. The van der Waals surface area contributed by atoms with E-state index in [2.05, 4.69) is 0 Å². The van der Waals surface area contributed by atoms with Crippen molar-refractivity contribution in [2.24, 2.45) is 0 Å². The van der Waals surface area contributed by atoms with E-state index in [0.717, 1.165) is 42.6 Å². The molecule has 28 heavy (non-hydrogen) atoms. The molecule has 0 atom stereocenters. The lowest BCUT2D eigenvalue weighted by Crippen LogP contribution is -2.36.